The first-order chi connectivity index (χ1) is 13.6. The summed E-state index contributed by atoms with van der Waals surface area (Å²) in [4.78, 5) is 21.1. The van der Waals surface area contributed by atoms with Crippen molar-refractivity contribution in [2.75, 3.05) is 6.61 Å². The fraction of sp³-hybridized carbons (Fsp3) is 0.150. The first-order valence-electron chi connectivity index (χ1n) is 8.66. The normalized spacial score (nSPS) is 10.9. The number of hydrogen-bond acceptors (Lipinski definition) is 6. The summed E-state index contributed by atoms with van der Waals surface area (Å²) >= 11 is 7.65. The third-order valence-corrected chi connectivity index (χ3v) is 5.27. The highest BCUT2D eigenvalue weighted by Crippen LogP contribution is 2.31. The van der Waals surface area contributed by atoms with E-state index in [1.54, 1.807) is 23.5 Å². The number of aromatic nitrogens is 2. The lowest BCUT2D eigenvalue weighted by Gasteiger charge is -2.07. The van der Waals surface area contributed by atoms with E-state index in [0.717, 1.165) is 15.2 Å². The number of carbonyl (C=O) groups excluding carboxylic acids is 1. The number of furan rings is 1. The molecule has 0 unspecified atom stereocenters. The highest BCUT2D eigenvalue weighted by atomic mass is 35.5. The number of para-hydroxylation sites is 1. The van der Waals surface area contributed by atoms with Gasteiger partial charge < -0.3 is 14.5 Å². The van der Waals surface area contributed by atoms with Crippen LogP contribution in [0.5, 0.6) is 5.88 Å². The molecular weight excluding hydrogens is 398 g/mol. The quantitative estimate of drug-likeness (QED) is 0.484. The predicted molar refractivity (Wildman–Crippen MR) is 109 cm³/mol. The smallest absolute Gasteiger partial charge is 0.271 e. The van der Waals surface area contributed by atoms with Gasteiger partial charge in [-0.05, 0) is 37.3 Å². The molecule has 0 atom stereocenters. The van der Waals surface area contributed by atoms with Crippen LogP contribution in [-0.2, 0) is 6.54 Å². The van der Waals surface area contributed by atoms with Crippen molar-refractivity contribution >= 4 is 39.1 Å². The van der Waals surface area contributed by atoms with Crippen molar-refractivity contribution in [2.24, 2.45) is 0 Å². The van der Waals surface area contributed by atoms with Gasteiger partial charge in [0.25, 0.3) is 5.91 Å². The second-order valence-corrected chi connectivity index (χ2v) is 7.29. The second kappa shape index (κ2) is 8.00. The minimum absolute atomic E-state index is 0.116. The number of hydrogen-bond donors (Lipinski definition) is 1. The van der Waals surface area contributed by atoms with Crippen molar-refractivity contribution < 1.29 is 13.9 Å². The van der Waals surface area contributed by atoms with Crippen LogP contribution in [0.1, 0.15) is 23.2 Å². The maximum absolute atomic E-state index is 12.4. The predicted octanol–water partition coefficient (Wildman–Crippen LogP) is 4.93. The van der Waals surface area contributed by atoms with Gasteiger partial charge in [0.1, 0.15) is 5.76 Å². The third-order valence-electron chi connectivity index (χ3n) is 3.92. The summed E-state index contributed by atoms with van der Waals surface area (Å²) in [6.07, 6.45) is 0. The van der Waals surface area contributed by atoms with E-state index < -0.39 is 5.91 Å². The molecule has 3 heterocycles. The number of halogens is 1. The Labute approximate surface area is 170 Å². The first kappa shape index (κ1) is 18.5. The number of fused-ring (bicyclic) bond motifs is 1. The van der Waals surface area contributed by atoms with Gasteiger partial charge >= 0.3 is 0 Å². The Morgan fingerprint density at radius 3 is 2.86 bits per heavy atom. The van der Waals surface area contributed by atoms with Crippen LogP contribution in [-0.4, -0.2) is 22.5 Å². The molecule has 0 radical (unpaired) electrons. The van der Waals surface area contributed by atoms with E-state index in [1.807, 2.05) is 43.3 Å². The summed E-state index contributed by atoms with van der Waals surface area (Å²) in [5, 5.41) is 3.82. The van der Waals surface area contributed by atoms with Gasteiger partial charge in [0.2, 0.25) is 5.88 Å². The number of nitrogens with one attached hydrogen (secondary N) is 1. The van der Waals surface area contributed by atoms with Crippen LogP contribution in [0.25, 0.3) is 21.0 Å². The Morgan fingerprint density at radius 2 is 2.04 bits per heavy atom. The maximum atomic E-state index is 12.4. The first-order valence-corrected chi connectivity index (χ1v) is 9.85. The van der Waals surface area contributed by atoms with Gasteiger partial charge in [-0.25, -0.2) is 9.97 Å². The van der Waals surface area contributed by atoms with Crippen LogP contribution >= 0.6 is 22.9 Å². The van der Waals surface area contributed by atoms with Gasteiger partial charge in [0.15, 0.2) is 16.5 Å². The molecule has 0 spiro atoms. The summed E-state index contributed by atoms with van der Waals surface area (Å²) in [6, 6.07) is 14.8. The number of carbonyl (C=O) groups is 1. The molecule has 1 aromatic carbocycles. The Hall–Kier alpha value is -2.90. The molecule has 0 aliphatic carbocycles. The van der Waals surface area contributed by atoms with E-state index in [-0.39, 0.29) is 17.3 Å². The summed E-state index contributed by atoms with van der Waals surface area (Å²) in [6.45, 7) is 2.51. The molecule has 6 nitrogen and oxygen atoms in total. The summed E-state index contributed by atoms with van der Waals surface area (Å²) in [5.74, 6) is 1.23. The molecule has 0 bridgehead atoms. The molecule has 142 valence electrons. The molecule has 0 aliphatic rings. The molecule has 0 saturated heterocycles. The number of amides is 1. The molecule has 4 rings (SSSR count). The number of thiazole rings is 1. The van der Waals surface area contributed by atoms with Gasteiger partial charge in [-0.1, -0.05) is 23.7 Å². The van der Waals surface area contributed by atoms with Crippen LogP contribution in [0.3, 0.4) is 0 Å². The van der Waals surface area contributed by atoms with Crippen LogP contribution < -0.4 is 10.1 Å². The zero-order valence-electron chi connectivity index (χ0n) is 14.9. The monoisotopic (exact) mass is 413 g/mol. The Kier molecular flexibility index (Phi) is 5.27. The topological polar surface area (TPSA) is 77.2 Å². The number of nitrogens with zero attached hydrogens (tertiary/aromatic N) is 2. The molecule has 0 aliphatic heterocycles. The van der Waals surface area contributed by atoms with Gasteiger partial charge in [0.05, 0.1) is 28.4 Å². The summed E-state index contributed by atoms with van der Waals surface area (Å²) in [5.41, 5.74) is 1.05. The van der Waals surface area contributed by atoms with Gasteiger partial charge in [-0.15, -0.1) is 11.3 Å². The SMILES string of the molecule is CCOc1ccc(Cl)c(C(=O)NCc2ccc(-c3nc4ccccc4s3)o2)n1. The number of benzene rings is 1. The van der Waals surface area contributed by atoms with Crippen LogP contribution in [0.4, 0.5) is 0 Å². The van der Waals surface area contributed by atoms with Gasteiger partial charge in [-0.3, -0.25) is 4.79 Å². The molecule has 8 heteroatoms. The van der Waals surface area contributed by atoms with E-state index in [9.17, 15) is 4.79 Å². The fourth-order valence-electron chi connectivity index (χ4n) is 2.63. The van der Waals surface area contributed by atoms with Crippen LogP contribution in [0.2, 0.25) is 5.02 Å². The Balaban J connectivity index is 1.46. The van der Waals surface area contributed by atoms with E-state index in [2.05, 4.69) is 15.3 Å². The minimum Gasteiger partial charge on any atom is -0.478 e. The average molecular weight is 414 g/mol. The van der Waals surface area contributed by atoms with Gasteiger partial charge in [-0.2, -0.15) is 0 Å². The van der Waals surface area contributed by atoms with E-state index in [1.165, 1.54) is 0 Å². The second-order valence-electron chi connectivity index (χ2n) is 5.85. The third kappa shape index (κ3) is 3.85. The largest absolute Gasteiger partial charge is 0.478 e. The number of ether oxygens (including phenoxy) is 1. The molecule has 1 amide bonds. The molecular formula is C20H16ClN3O3S. The fourth-order valence-corrected chi connectivity index (χ4v) is 3.75. The lowest BCUT2D eigenvalue weighted by Crippen LogP contribution is -2.24. The van der Waals surface area contributed by atoms with E-state index >= 15 is 0 Å². The highest BCUT2D eigenvalue weighted by Gasteiger charge is 2.15. The van der Waals surface area contributed by atoms with Crippen LogP contribution in [0.15, 0.2) is 52.9 Å². The Bertz CT molecular complexity index is 1110. The average Bonchev–Trinajstić information content (AvgIpc) is 3.34. The summed E-state index contributed by atoms with van der Waals surface area (Å²) in [7, 11) is 0. The molecule has 4 aromatic rings. The van der Waals surface area contributed by atoms with Crippen molar-refractivity contribution in [3.8, 4) is 16.6 Å². The van der Waals surface area contributed by atoms with Crippen molar-refractivity contribution in [2.45, 2.75) is 13.5 Å². The zero-order chi connectivity index (χ0) is 19.5. The molecule has 1 N–H and O–H groups in total. The molecule has 3 aromatic heterocycles. The molecule has 0 saturated carbocycles. The Morgan fingerprint density at radius 1 is 1.18 bits per heavy atom. The number of pyridine rings is 1. The zero-order valence-corrected chi connectivity index (χ0v) is 16.5. The molecule has 0 fully saturated rings. The van der Waals surface area contributed by atoms with Crippen molar-refractivity contribution in [1.29, 1.82) is 0 Å². The lowest BCUT2D eigenvalue weighted by atomic mass is 10.3. The van der Waals surface area contributed by atoms with E-state index in [4.69, 9.17) is 20.8 Å². The summed E-state index contributed by atoms with van der Waals surface area (Å²) < 4.78 is 12.2. The number of rotatable bonds is 6. The van der Waals surface area contributed by atoms with Crippen molar-refractivity contribution in [1.82, 2.24) is 15.3 Å². The highest BCUT2D eigenvalue weighted by molar-refractivity contribution is 7.21. The van der Waals surface area contributed by atoms with Crippen LogP contribution in [0, 0.1) is 0 Å². The van der Waals surface area contributed by atoms with Crippen molar-refractivity contribution in [3.05, 3.63) is 65.0 Å². The standard InChI is InChI=1S/C20H16ClN3O3S/c1-2-26-17-10-8-13(21)18(24-17)19(25)22-11-12-7-9-15(27-12)20-23-14-5-3-4-6-16(14)28-20/h3-10H,2,11H2,1H3,(H,22,25). The molecule has 28 heavy (non-hydrogen) atoms. The maximum Gasteiger partial charge on any atom is 0.271 e. The van der Waals surface area contributed by atoms with E-state index in [0.29, 0.717) is 24.0 Å². The van der Waals surface area contributed by atoms with Gasteiger partial charge in [0, 0.05) is 6.07 Å². The minimum atomic E-state index is -0.399. The lowest BCUT2D eigenvalue weighted by molar-refractivity contribution is 0.0942. The van der Waals surface area contributed by atoms with Crippen molar-refractivity contribution in [3.63, 3.8) is 0 Å².